The summed E-state index contributed by atoms with van der Waals surface area (Å²) in [6.45, 7) is 5.48. The summed E-state index contributed by atoms with van der Waals surface area (Å²) in [7, 11) is 2.07. The summed E-state index contributed by atoms with van der Waals surface area (Å²) in [5.41, 5.74) is 4.78. The zero-order valence-electron chi connectivity index (χ0n) is 20.0. The van der Waals surface area contributed by atoms with Gasteiger partial charge in [-0.05, 0) is 55.4 Å². The number of amides is 1. The van der Waals surface area contributed by atoms with Crippen LogP contribution in [0.3, 0.4) is 0 Å². The van der Waals surface area contributed by atoms with Crippen LogP contribution in [0.15, 0.2) is 61.1 Å². The van der Waals surface area contributed by atoms with Crippen molar-refractivity contribution in [2.75, 3.05) is 33.2 Å². The minimum absolute atomic E-state index is 0.0514. The maximum absolute atomic E-state index is 13.0. The van der Waals surface area contributed by atoms with Crippen molar-refractivity contribution < 1.29 is 9.59 Å². The quantitative estimate of drug-likeness (QED) is 0.405. The Hall–Kier alpha value is -3.91. The molecule has 0 saturated carbocycles. The Morgan fingerprint density at radius 1 is 1.00 bits per heavy atom. The predicted molar refractivity (Wildman–Crippen MR) is 134 cm³/mol. The molecule has 0 bridgehead atoms. The number of hydrogen-bond acceptors (Lipinski definition) is 6. The number of carbonyl (C=O) groups excluding carboxylic acids is 2. The molecule has 35 heavy (non-hydrogen) atoms. The second-order valence-corrected chi connectivity index (χ2v) is 9.16. The number of carbonyl (C=O) groups is 2. The van der Waals surface area contributed by atoms with Gasteiger partial charge < -0.3 is 9.80 Å². The van der Waals surface area contributed by atoms with Gasteiger partial charge in [-0.2, -0.15) is 5.10 Å². The smallest absolute Gasteiger partial charge is 0.244 e. The van der Waals surface area contributed by atoms with Crippen LogP contribution in [0.4, 0.5) is 0 Å². The molecule has 1 saturated heterocycles. The number of ketones is 1. The number of hydrogen-bond donors (Lipinski definition) is 0. The molecule has 0 N–H and O–H groups in total. The van der Waals surface area contributed by atoms with Gasteiger partial charge in [0.1, 0.15) is 12.2 Å². The summed E-state index contributed by atoms with van der Waals surface area (Å²) in [5, 5.41) is 5.46. The Morgan fingerprint density at radius 2 is 1.83 bits per heavy atom. The highest BCUT2D eigenvalue weighted by Gasteiger charge is 2.19. The lowest BCUT2D eigenvalue weighted by Crippen LogP contribution is -2.48. The summed E-state index contributed by atoms with van der Waals surface area (Å²) in [6, 6.07) is 13.3. The van der Waals surface area contributed by atoms with Crippen molar-refractivity contribution in [2.45, 2.75) is 19.9 Å². The highest BCUT2D eigenvalue weighted by atomic mass is 16.2. The molecule has 1 fully saturated rings. The SMILES string of the molecule is Cc1cncc(-c2cccc(C(=O)Cc3ccc4nn(CC(=O)N5CCN(C)CC5)cc4c3)n2)c1. The van der Waals surface area contributed by atoms with Crippen molar-refractivity contribution in [1.29, 1.82) is 0 Å². The molecular formula is C27H28N6O2. The molecular weight excluding hydrogens is 440 g/mol. The van der Waals surface area contributed by atoms with Crippen molar-refractivity contribution in [2.24, 2.45) is 0 Å². The van der Waals surface area contributed by atoms with Crippen LogP contribution in [0.1, 0.15) is 21.6 Å². The molecule has 0 radical (unpaired) electrons. The molecule has 1 aliphatic heterocycles. The van der Waals surface area contributed by atoms with Gasteiger partial charge in [0.2, 0.25) is 5.91 Å². The first kappa shape index (κ1) is 22.9. The molecule has 5 rings (SSSR count). The van der Waals surface area contributed by atoms with E-state index in [1.54, 1.807) is 23.1 Å². The van der Waals surface area contributed by atoms with E-state index < -0.39 is 0 Å². The zero-order chi connectivity index (χ0) is 24.4. The molecule has 8 nitrogen and oxygen atoms in total. The summed E-state index contributed by atoms with van der Waals surface area (Å²) in [5.74, 6) is 0.0283. The number of rotatable bonds is 6. The van der Waals surface area contributed by atoms with Gasteiger partial charge in [0, 0.05) is 62.1 Å². The van der Waals surface area contributed by atoms with Gasteiger partial charge in [-0.3, -0.25) is 19.3 Å². The standard InChI is InChI=1S/C27H28N6O2/c1-19-12-21(16-28-15-19)23-4-3-5-25(29-23)26(34)14-20-6-7-24-22(13-20)17-33(30-24)18-27(35)32-10-8-31(2)9-11-32/h3-7,12-13,15-17H,8-11,14,18H2,1-2H3. The van der Waals surface area contributed by atoms with Gasteiger partial charge >= 0.3 is 0 Å². The molecule has 4 heterocycles. The highest BCUT2D eigenvalue weighted by Crippen LogP contribution is 2.19. The van der Waals surface area contributed by atoms with E-state index in [1.807, 2.05) is 54.4 Å². The lowest BCUT2D eigenvalue weighted by Gasteiger charge is -2.32. The Labute approximate surface area is 204 Å². The van der Waals surface area contributed by atoms with E-state index in [2.05, 4.69) is 27.0 Å². The van der Waals surface area contributed by atoms with Crippen LogP contribution < -0.4 is 0 Å². The van der Waals surface area contributed by atoms with Gasteiger partial charge in [0.25, 0.3) is 0 Å². The van der Waals surface area contributed by atoms with Crippen molar-refractivity contribution in [3.63, 3.8) is 0 Å². The topological polar surface area (TPSA) is 84.2 Å². The minimum Gasteiger partial charge on any atom is -0.339 e. The Balaban J connectivity index is 1.28. The van der Waals surface area contributed by atoms with E-state index in [4.69, 9.17) is 0 Å². The molecule has 1 aliphatic rings. The summed E-state index contributed by atoms with van der Waals surface area (Å²) in [6.07, 6.45) is 5.66. The number of Topliss-reactive ketones (excluding diaryl/α,β-unsaturated/α-hetero) is 1. The van der Waals surface area contributed by atoms with E-state index in [9.17, 15) is 9.59 Å². The number of likely N-dealkylation sites (N-methyl/N-ethyl adjacent to an activating group) is 1. The molecule has 8 heteroatoms. The molecule has 0 atom stereocenters. The van der Waals surface area contributed by atoms with Crippen LogP contribution in [0.5, 0.6) is 0 Å². The number of fused-ring (bicyclic) bond motifs is 1. The van der Waals surface area contributed by atoms with Crippen LogP contribution in [0, 0.1) is 6.92 Å². The number of nitrogens with zero attached hydrogens (tertiary/aromatic N) is 6. The van der Waals surface area contributed by atoms with Crippen LogP contribution in [-0.2, 0) is 17.8 Å². The monoisotopic (exact) mass is 468 g/mol. The maximum Gasteiger partial charge on any atom is 0.244 e. The highest BCUT2D eigenvalue weighted by molar-refractivity contribution is 5.96. The summed E-state index contributed by atoms with van der Waals surface area (Å²) >= 11 is 0. The van der Waals surface area contributed by atoms with E-state index in [-0.39, 0.29) is 24.7 Å². The molecule has 4 aromatic rings. The molecule has 0 unspecified atom stereocenters. The lowest BCUT2D eigenvalue weighted by molar-refractivity contribution is -0.133. The Kier molecular flexibility index (Phi) is 6.37. The van der Waals surface area contributed by atoms with Crippen LogP contribution in [0.25, 0.3) is 22.2 Å². The number of benzene rings is 1. The van der Waals surface area contributed by atoms with Crippen LogP contribution in [0.2, 0.25) is 0 Å². The minimum atomic E-state index is -0.0514. The van der Waals surface area contributed by atoms with E-state index in [1.165, 1.54) is 0 Å². The molecule has 0 aliphatic carbocycles. The number of aryl methyl sites for hydroxylation is 1. The van der Waals surface area contributed by atoms with Crippen molar-refractivity contribution in [3.05, 3.63) is 77.9 Å². The fourth-order valence-electron chi connectivity index (χ4n) is 4.33. The summed E-state index contributed by atoms with van der Waals surface area (Å²) in [4.78, 5) is 38.6. The lowest BCUT2D eigenvalue weighted by atomic mass is 10.0. The van der Waals surface area contributed by atoms with Crippen molar-refractivity contribution >= 4 is 22.6 Å². The first-order valence-corrected chi connectivity index (χ1v) is 11.8. The second-order valence-electron chi connectivity index (χ2n) is 9.16. The number of pyridine rings is 2. The fourth-order valence-corrected chi connectivity index (χ4v) is 4.33. The fraction of sp³-hybridized carbons (Fsp3) is 0.296. The van der Waals surface area contributed by atoms with E-state index >= 15 is 0 Å². The van der Waals surface area contributed by atoms with Crippen molar-refractivity contribution in [1.82, 2.24) is 29.5 Å². The predicted octanol–water partition coefficient (Wildman–Crippen LogP) is 3.00. The first-order valence-electron chi connectivity index (χ1n) is 11.8. The normalized spacial score (nSPS) is 14.4. The Bertz CT molecular complexity index is 1390. The molecule has 3 aromatic heterocycles. The van der Waals surface area contributed by atoms with Crippen LogP contribution in [-0.4, -0.2) is 74.5 Å². The van der Waals surface area contributed by atoms with Crippen molar-refractivity contribution in [3.8, 4) is 11.3 Å². The van der Waals surface area contributed by atoms with Gasteiger partial charge in [0.05, 0.1) is 11.2 Å². The molecule has 1 aromatic carbocycles. The average molecular weight is 469 g/mol. The largest absolute Gasteiger partial charge is 0.339 e. The maximum atomic E-state index is 13.0. The van der Waals surface area contributed by atoms with E-state index in [0.717, 1.165) is 59.5 Å². The van der Waals surface area contributed by atoms with Gasteiger partial charge in [0.15, 0.2) is 5.78 Å². The average Bonchev–Trinajstić information content (AvgIpc) is 3.26. The van der Waals surface area contributed by atoms with E-state index in [0.29, 0.717) is 5.69 Å². The third-order valence-electron chi connectivity index (χ3n) is 6.34. The first-order chi connectivity index (χ1) is 16.9. The van der Waals surface area contributed by atoms with Gasteiger partial charge in [-0.25, -0.2) is 4.98 Å². The van der Waals surface area contributed by atoms with Gasteiger partial charge in [-0.15, -0.1) is 0 Å². The molecule has 0 spiro atoms. The zero-order valence-corrected chi connectivity index (χ0v) is 20.0. The number of aromatic nitrogens is 4. The third-order valence-corrected chi connectivity index (χ3v) is 6.34. The third kappa shape index (κ3) is 5.27. The van der Waals surface area contributed by atoms with Gasteiger partial charge in [-0.1, -0.05) is 12.1 Å². The number of piperazine rings is 1. The Morgan fingerprint density at radius 3 is 2.63 bits per heavy atom. The molecule has 1 amide bonds. The second kappa shape index (κ2) is 9.76. The van der Waals surface area contributed by atoms with Crippen LogP contribution >= 0.6 is 0 Å². The summed E-state index contributed by atoms with van der Waals surface area (Å²) < 4.78 is 1.69. The molecule has 178 valence electrons.